The third-order valence-corrected chi connectivity index (χ3v) is 4.79. The van der Waals surface area contributed by atoms with Gasteiger partial charge in [0.15, 0.2) is 0 Å². The minimum absolute atomic E-state index is 0.0204. The van der Waals surface area contributed by atoms with E-state index in [1.54, 1.807) is 18.2 Å². The van der Waals surface area contributed by atoms with E-state index in [1.807, 2.05) is 0 Å². The smallest absolute Gasteiger partial charge is 0.263 e. The van der Waals surface area contributed by atoms with Crippen molar-refractivity contribution < 1.29 is 9.53 Å². The van der Waals surface area contributed by atoms with Crippen LogP contribution in [0, 0.1) is 5.92 Å². The number of carbonyl (C=O) groups is 1. The van der Waals surface area contributed by atoms with Crippen LogP contribution in [-0.2, 0) is 11.2 Å². The van der Waals surface area contributed by atoms with Gasteiger partial charge in [0.05, 0.1) is 6.61 Å². The van der Waals surface area contributed by atoms with E-state index in [9.17, 15) is 9.59 Å². The Kier molecular flexibility index (Phi) is 5.73. The summed E-state index contributed by atoms with van der Waals surface area (Å²) in [6.07, 6.45) is 2.46. The molecule has 0 aliphatic carbocycles. The Morgan fingerprint density at radius 1 is 1.36 bits per heavy atom. The van der Waals surface area contributed by atoms with Gasteiger partial charge in [0, 0.05) is 41.7 Å². The summed E-state index contributed by atoms with van der Waals surface area (Å²) in [6.45, 7) is 1.82. The lowest BCUT2D eigenvalue weighted by molar-refractivity contribution is 0.0943. The number of halogens is 2. The fourth-order valence-corrected chi connectivity index (χ4v) is 3.16. The first-order chi connectivity index (χ1) is 12.0. The van der Waals surface area contributed by atoms with Crippen LogP contribution in [0.2, 0.25) is 10.0 Å². The van der Waals surface area contributed by atoms with Crippen LogP contribution in [0.25, 0.3) is 0 Å². The Morgan fingerprint density at radius 3 is 2.76 bits per heavy atom. The van der Waals surface area contributed by atoms with Crippen LogP contribution in [0.1, 0.15) is 28.2 Å². The Bertz CT molecular complexity index is 812. The van der Waals surface area contributed by atoms with Gasteiger partial charge in [-0.1, -0.05) is 29.3 Å². The van der Waals surface area contributed by atoms with Crippen LogP contribution in [0.15, 0.2) is 29.2 Å². The van der Waals surface area contributed by atoms with Crippen molar-refractivity contribution in [2.75, 3.05) is 19.8 Å². The lowest BCUT2D eigenvalue weighted by Crippen LogP contribution is -2.34. The van der Waals surface area contributed by atoms with Crippen molar-refractivity contribution in [2.24, 2.45) is 5.92 Å². The standard InChI is InChI=1S/C17H17Cl2N3O3/c18-13-2-1-3-14(19)11(13)6-15-20-8-12(17(24)22-15)16(23)21-7-10-4-5-25-9-10/h1-3,8,10H,4-7,9H2,(H,21,23)(H,20,22,24). The number of amides is 1. The zero-order chi connectivity index (χ0) is 17.8. The molecule has 1 atom stereocenters. The van der Waals surface area contributed by atoms with Crippen LogP contribution in [0.4, 0.5) is 0 Å². The maximum atomic E-state index is 12.2. The van der Waals surface area contributed by atoms with Crippen LogP contribution < -0.4 is 10.9 Å². The van der Waals surface area contributed by atoms with Crippen molar-refractivity contribution in [1.29, 1.82) is 0 Å². The number of H-pyrrole nitrogens is 1. The number of rotatable bonds is 5. The molecule has 25 heavy (non-hydrogen) atoms. The molecule has 0 saturated carbocycles. The lowest BCUT2D eigenvalue weighted by atomic mass is 10.1. The van der Waals surface area contributed by atoms with Crippen molar-refractivity contribution in [3.8, 4) is 0 Å². The number of benzene rings is 1. The van der Waals surface area contributed by atoms with Gasteiger partial charge in [-0.05, 0) is 24.1 Å². The van der Waals surface area contributed by atoms with Gasteiger partial charge >= 0.3 is 0 Å². The molecule has 1 aromatic heterocycles. The molecule has 0 bridgehead atoms. The number of hydrogen-bond donors (Lipinski definition) is 2. The van der Waals surface area contributed by atoms with Crippen molar-refractivity contribution >= 4 is 29.1 Å². The zero-order valence-corrected chi connectivity index (χ0v) is 14.9. The van der Waals surface area contributed by atoms with E-state index in [1.165, 1.54) is 6.20 Å². The fourth-order valence-electron chi connectivity index (χ4n) is 2.63. The van der Waals surface area contributed by atoms with Gasteiger partial charge < -0.3 is 15.0 Å². The Hall–Kier alpha value is -1.89. The molecule has 1 saturated heterocycles. The molecule has 0 radical (unpaired) electrons. The molecule has 8 heteroatoms. The molecule has 2 heterocycles. The Morgan fingerprint density at radius 2 is 2.12 bits per heavy atom. The predicted molar refractivity (Wildman–Crippen MR) is 95.4 cm³/mol. The SMILES string of the molecule is O=C(NCC1CCOC1)c1cnc(Cc2c(Cl)cccc2Cl)[nH]c1=O. The molecule has 1 aliphatic rings. The monoisotopic (exact) mass is 381 g/mol. The predicted octanol–water partition coefficient (Wildman–Crippen LogP) is 2.43. The van der Waals surface area contributed by atoms with Gasteiger partial charge in [0.25, 0.3) is 11.5 Å². The quantitative estimate of drug-likeness (QED) is 0.832. The minimum Gasteiger partial charge on any atom is -0.381 e. The number of nitrogens with zero attached hydrogens (tertiary/aromatic N) is 1. The maximum absolute atomic E-state index is 12.2. The summed E-state index contributed by atoms with van der Waals surface area (Å²) in [5, 5.41) is 3.74. The molecule has 1 amide bonds. The van der Waals surface area contributed by atoms with E-state index >= 15 is 0 Å². The average molecular weight is 382 g/mol. The van der Waals surface area contributed by atoms with Gasteiger partial charge in [0.2, 0.25) is 0 Å². The second kappa shape index (κ2) is 7.99. The molecule has 6 nitrogen and oxygen atoms in total. The van der Waals surface area contributed by atoms with Crippen LogP contribution >= 0.6 is 23.2 Å². The van der Waals surface area contributed by atoms with Gasteiger partial charge in [-0.2, -0.15) is 0 Å². The molecule has 3 rings (SSSR count). The molecule has 132 valence electrons. The number of hydrogen-bond acceptors (Lipinski definition) is 4. The molecule has 0 spiro atoms. The molecule has 1 aliphatic heterocycles. The summed E-state index contributed by atoms with van der Waals surface area (Å²) < 4.78 is 5.26. The van der Waals surface area contributed by atoms with E-state index in [-0.39, 0.29) is 17.9 Å². The summed E-state index contributed by atoms with van der Waals surface area (Å²) in [7, 11) is 0. The first-order valence-corrected chi connectivity index (χ1v) is 8.67. The summed E-state index contributed by atoms with van der Waals surface area (Å²) >= 11 is 12.3. The topological polar surface area (TPSA) is 84.1 Å². The Labute approximate surface area is 154 Å². The second-order valence-electron chi connectivity index (χ2n) is 5.89. The number of ether oxygens (including phenoxy) is 1. The fraction of sp³-hybridized carbons (Fsp3) is 0.353. The molecule has 2 N–H and O–H groups in total. The molecule has 1 aromatic carbocycles. The van der Waals surface area contributed by atoms with E-state index in [2.05, 4.69) is 15.3 Å². The third-order valence-electron chi connectivity index (χ3n) is 4.08. The third kappa shape index (κ3) is 4.39. The number of aromatic amines is 1. The van der Waals surface area contributed by atoms with Crippen LogP contribution in [0.5, 0.6) is 0 Å². The number of carbonyl (C=O) groups excluding carboxylic acids is 1. The first-order valence-electron chi connectivity index (χ1n) is 7.91. The highest BCUT2D eigenvalue weighted by molar-refractivity contribution is 6.36. The van der Waals surface area contributed by atoms with Crippen LogP contribution in [0.3, 0.4) is 0 Å². The van der Waals surface area contributed by atoms with Gasteiger partial charge in [-0.25, -0.2) is 4.98 Å². The summed E-state index contributed by atoms with van der Waals surface area (Å²) in [4.78, 5) is 31.1. The zero-order valence-electron chi connectivity index (χ0n) is 13.4. The summed E-state index contributed by atoms with van der Waals surface area (Å²) in [6, 6.07) is 5.18. The molecular formula is C17H17Cl2N3O3. The highest BCUT2D eigenvalue weighted by Gasteiger charge is 2.18. The van der Waals surface area contributed by atoms with Crippen LogP contribution in [-0.4, -0.2) is 35.6 Å². The molecule has 1 unspecified atom stereocenters. The molecule has 2 aromatic rings. The van der Waals surface area contributed by atoms with E-state index in [0.717, 1.165) is 6.42 Å². The van der Waals surface area contributed by atoms with Crippen molar-refractivity contribution in [2.45, 2.75) is 12.8 Å². The van der Waals surface area contributed by atoms with E-state index in [4.69, 9.17) is 27.9 Å². The van der Waals surface area contributed by atoms with Gasteiger partial charge in [-0.15, -0.1) is 0 Å². The van der Waals surface area contributed by atoms with Gasteiger partial charge in [0.1, 0.15) is 11.4 Å². The summed E-state index contributed by atoms with van der Waals surface area (Å²) in [5.41, 5.74) is 0.161. The van der Waals surface area contributed by atoms with Crippen molar-refractivity contribution in [3.63, 3.8) is 0 Å². The van der Waals surface area contributed by atoms with E-state index < -0.39 is 11.5 Å². The maximum Gasteiger partial charge on any atom is 0.263 e. The highest BCUT2D eigenvalue weighted by atomic mass is 35.5. The Balaban J connectivity index is 1.70. The largest absolute Gasteiger partial charge is 0.381 e. The first kappa shape index (κ1) is 17.9. The minimum atomic E-state index is -0.492. The van der Waals surface area contributed by atoms with Crippen molar-refractivity contribution in [1.82, 2.24) is 15.3 Å². The average Bonchev–Trinajstić information content (AvgIpc) is 3.10. The van der Waals surface area contributed by atoms with Crippen molar-refractivity contribution in [3.05, 3.63) is 61.7 Å². The lowest BCUT2D eigenvalue weighted by Gasteiger charge is -2.10. The summed E-state index contributed by atoms with van der Waals surface area (Å²) in [5.74, 6) is 0.237. The highest BCUT2D eigenvalue weighted by Crippen LogP contribution is 2.25. The molecule has 1 fully saturated rings. The van der Waals surface area contributed by atoms with E-state index in [0.29, 0.717) is 41.2 Å². The number of aromatic nitrogens is 2. The normalized spacial score (nSPS) is 16.8. The molecular weight excluding hydrogens is 365 g/mol. The second-order valence-corrected chi connectivity index (χ2v) is 6.70. The van der Waals surface area contributed by atoms with Gasteiger partial charge in [-0.3, -0.25) is 9.59 Å². The number of nitrogens with one attached hydrogen (secondary N) is 2.